The molecular formula is C24H42N2O5S. The second-order valence-corrected chi connectivity index (χ2v) is 12.5. The number of amides is 1. The number of ether oxygens (including phenoxy) is 2. The number of thiazole rings is 1. The van der Waals surface area contributed by atoms with Gasteiger partial charge in [0.2, 0.25) is 0 Å². The molecule has 0 saturated carbocycles. The summed E-state index contributed by atoms with van der Waals surface area (Å²) in [5.74, 6) is -0.412. The summed E-state index contributed by atoms with van der Waals surface area (Å²) in [5.41, 5.74) is -1.03. The first-order valence-corrected chi connectivity index (χ1v) is 12.0. The fourth-order valence-electron chi connectivity index (χ4n) is 3.83. The van der Waals surface area contributed by atoms with Crippen LogP contribution in [0.4, 0.5) is 4.79 Å². The first kappa shape index (κ1) is 28.4. The van der Waals surface area contributed by atoms with Crippen molar-refractivity contribution in [1.29, 1.82) is 0 Å². The van der Waals surface area contributed by atoms with Crippen molar-refractivity contribution in [3.8, 4) is 0 Å². The lowest BCUT2D eigenvalue weighted by Crippen LogP contribution is -2.44. The third kappa shape index (κ3) is 9.45. The van der Waals surface area contributed by atoms with Gasteiger partial charge in [-0.15, -0.1) is 11.3 Å². The normalized spacial score (nSPS) is 14.8. The minimum Gasteiger partial charge on any atom is -0.455 e. The van der Waals surface area contributed by atoms with Gasteiger partial charge in [-0.3, -0.25) is 0 Å². The van der Waals surface area contributed by atoms with Crippen LogP contribution < -0.4 is 0 Å². The van der Waals surface area contributed by atoms with Crippen LogP contribution in [-0.4, -0.2) is 51.3 Å². The topological polar surface area (TPSA) is 89.0 Å². The number of rotatable bonds is 8. The summed E-state index contributed by atoms with van der Waals surface area (Å²) in [7, 11) is 1.67. The molecule has 0 aliphatic rings. The lowest BCUT2D eigenvalue weighted by atomic mass is 9.83. The van der Waals surface area contributed by atoms with E-state index in [4.69, 9.17) is 9.47 Å². The fraction of sp³-hybridized carbons (Fsp3) is 0.792. The minimum absolute atomic E-state index is 0.0131. The van der Waals surface area contributed by atoms with Gasteiger partial charge in [0.15, 0.2) is 5.69 Å². The molecule has 7 nitrogen and oxygen atoms in total. The standard InChI is InChI=1S/C24H42N2O5S/c1-15(2)17(26(11)21(29)31-23(6,7)8)12-18(27)19-25-16(13-32-19)20(28)30-24(9,10)14-22(3,4)5/h13,15,17-18,27H,12,14H2,1-11H3/t17-,18-/m1/s1. The number of carbonyl (C=O) groups excluding carboxylic acids is 2. The van der Waals surface area contributed by atoms with Gasteiger partial charge in [0.1, 0.15) is 22.3 Å². The lowest BCUT2D eigenvalue weighted by Gasteiger charge is -2.34. The van der Waals surface area contributed by atoms with Crippen LogP contribution in [0.25, 0.3) is 0 Å². The largest absolute Gasteiger partial charge is 0.455 e. The summed E-state index contributed by atoms with van der Waals surface area (Å²) in [6.07, 6.45) is -0.363. The van der Waals surface area contributed by atoms with Gasteiger partial charge in [-0.25, -0.2) is 14.6 Å². The van der Waals surface area contributed by atoms with Crippen molar-refractivity contribution in [3.63, 3.8) is 0 Å². The zero-order chi connectivity index (χ0) is 25.1. The van der Waals surface area contributed by atoms with Crippen LogP contribution in [0.5, 0.6) is 0 Å². The summed E-state index contributed by atoms with van der Waals surface area (Å²) in [4.78, 5) is 31.0. The van der Waals surface area contributed by atoms with Crippen LogP contribution >= 0.6 is 11.3 Å². The highest BCUT2D eigenvalue weighted by Crippen LogP contribution is 2.31. The summed E-state index contributed by atoms with van der Waals surface area (Å²) >= 11 is 1.21. The zero-order valence-corrected chi connectivity index (χ0v) is 22.4. The number of aliphatic hydroxyl groups excluding tert-OH is 1. The highest BCUT2D eigenvalue weighted by molar-refractivity contribution is 7.09. The second kappa shape index (κ2) is 10.5. The van der Waals surface area contributed by atoms with Gasteiger partial charge in [0, 0.05) is 24.9 Å². The summed E-state index contributed by atoms with van der Waals surface area (Å²) in [6, 6.07) is -0.259. The van der Waals surface area contributed by atoms with Crippen LogP contribution in [-0.2, 0) is 9.47 Å². The van der Waals surface area contributed by atoms with Crippen molar-refractivity contribution in [3.05, 3.63) is 16.1 Å². The first-order valence-electron chi connectivity index (χ1n) is 11.1. The average Bonchev–Trinajstić information content (AvgIpc) is 3.04. The Balaban J connectivity index is 2.88. The number of hydrogen-bond donors (Lipinski definition) is 1. The lowest BCUT2D eigenvalue weighted by molar-refractivity contribution is -0.0184. The van der Waals surface area contributed by atoms with Gasteiger partial charge in [0.25, 0.3) is 0 Å². The molecule has 0 aromatic carbocycles. The van der Waals surface area contributed by atoms with Crippen molar-refractivity contribution >= 4 is 23.4 Å². The quantitative estimate of drug-likeness (QED) is 0.481. The van der Waals surface area contributed by atoms with Gasteiger partial charge >= 0.3 is 12.1 Å². The van der Waals surface area contributed by atoms with E-state index in [1.165, 1.54) is 16.2 Å². The molecule has 0 bridgehead atoms. The number of esters is 1. The maximum absolute atomic E-state index is 12.6. The number of nitrogens with zero attached hydrogens (tertiary/aromatic N) is 2. The monoisotopic (exact) mass is 470 g/mol. The first-order chi connectivity index (χ1) is 14.3. The molecule has 2 atom stereocenters. The SMILES string of the molecule is CC(C)[C@@H](C[C@@H](O)c1nc(C(=O)OC(C)(C)CC(C)(C)C)cs1)N(C)C(=O)OC(C)(C)C. The number of hydrogen-bond acceptors (Lipinski definition) is 7. The summed E-state index contributed by atoms with van der Waals surface area (Å²) in [5, 5.41) is 12.8. The molecule has 1 amide bonds. The number of aliphatic hydroxyl groups is 1. The molecule has 0 fully saturated rings. The minimum atomic E-state index is -0.915. The predicted molar refractivity (Wildman–Crippen MR) is 128 cm³/mol. The Hall–Kier alpha value is -1.67. The molecule has 0 radical (unpaired) electrons. The van der Waals surface area contributed by atoms with E-state index in [1.807, 2.05) is 48.5 Å². The second-order valence-electron chi connectivity index (χ2n) is 11.6. The van der Waals surface area contributed by atoms with Crippen LogP contribution in [0, 0.1) is 11.3 Å². The van der Waals surface area contributed by atoms with E-state index in [0.29, 0.717) is 11.4 Å². The van der Waals surface area contributed by atoms with Gasteiger partial charge in [-0.2, -0.15) is 0 Å². The van der Waals surface area contributed by atoms with Crippen LogP contribution in [0.15, 0.2) is 5.38 Å². The van der Waals surface area contributed by atoms with Gasteiger partial charge in [0.05, 0.1) is 0 Å². The zero-order valence-electron chi connectivity index (χ0n) is 21.6. The third-order valence-electron chi connectivity index (χ3n) is 4.75. The third-order valence-corrected chi connectivity index (χ3v) is 5.70. The molecule has 1 rings (SSSR count). The molecular weight excluding hydrogens is 428 g/mol. The summed E-state index contributed by atoms with van der Waals surface area (Å²) < 4.78 is 11.1. The van der Waals surface area contributed by atoms with Gasteiger partial charge in [-0.1, -0.05) is 34.6 Å². The molecule has 32 heavy (non-hydrogen) atoms. The van der Waals surface area contributed by atoms with E-state index < -0.39 is 29.4 Å². The Morgan fingerprint density at radius 2 is 1.66 bits per heavy atom. The molecule has 8 heteroatoms. The highest BCUT2D eigenvalue weighted by atomic mass is 32.1. The van der Waals surface area contributed by atoms with Crippen molar-refractivity contribution in [2.75, 3.05) is 7.05 Å². The number of carbonyl (C=O) groups is 2. The van der Waals surface area contributed by atoms with Crippen LogP contribution in [0.2, 0.25) is 0 Å². The molecule has 1 N–H and O–H groups in total. The van der Waals surface area contributed by atoms with Crippen LogP contribution in [0.1, 0.15) is 104 Å². The van der Waals surface area contributed by atoms with Crippen molar-refractivity contribution in [2.45, 2.75) is 105 Å². The maximum atomic E-state index is 12.6. The predicted octanol–water partition coefficient (Wildman–Crippen LogP) is 5.83. The molecule has 184 valence electrons. The molecule has 0 aliphatic heterocycles. The van der Waals surface area contributed by atoms with E-state index in [2.05, 4.69) is 25.8 Å². The Bertz CT molecular complexity index is 774. The Labute approximate surface area is 197 Å². The van der Waals surface area contributed by atoms with Crippen LogP contribution in [0.3, 0.4) is 0 Å². The summed E-state index contributed by atoms with van der Waals surface area (Å²) in [6.45, 7) is 19.5. The highest BCUT2D eigenvalue weighted by Gasteiger charge is 2.32. The van der Waals surface area contributed by atoms with Crippen molar-refractivity contribution in [2.24, 2.45) is 11.3 Å². The van der Waals surface area contributed by atoms with Crippen molar-refractivity contribution < 1.29 is 24.2 Å². The molecule has 1 aromatic rings. The molecule has 1 heterocycles. The fourth-order valence-corrected chi connectivity index (χ4v) is 4.61. The molecule has 0 unspecified atom stereocenters. The van der Waals surface area contributed by atoms with E-state index in [9.17, 15) is 14.7 Å². The average molecular weight is 471 g/mol. The van der Waals surface area contributed by atoms with Gasteiger partial charge < -0.3 is 19.5 Å². The Morgan fingerprint density at radius 3 is 2.12 bits per heavy atom. The molecule has 0 spiro atoms. The molecule has 1 aromatic heterocycles. The maximum Gasteiger partial charge on any atom is 0.410 e. The molecule has 0 saturated heterocycles. The smallest absolute Gasteiger partial charge is 0.410 e. The number of aromatic nitrogens is 1. The van der Waals surface area contributed by atoms with E-state index in [0.717, 1.165) is 0 Å². The Kier molecular flexibility index (Phi) is 9.31. The van der Waals surface area contributed by atoms with Crippen molar-refractivity contribution in [1.82, 2.24) is 9.88 Å². The molecule has 0 aliphatic carbocycles. The van der Waals surface area contributed by atoms with E-state index in [-0.39, 0.29) is 29.5 Å². The van der Waals surface area contributed by atoms with Gasteiger partial charge in [-0.05, 0) is 52.4 Å². The van der Waals surface area contributed by atoms with E-state index in [1.54, 1.807) is 12.4 Å². The van der Waals surface area contributed by atoms with E-state index >= 15 is 0 Å². The Morgan fingerprint density at radius 1 is 1.09 bits per heavy atom.